The Hall–Kier alpha value is -3.29. The highest BCUT2D eigenvalue weighted by Crippen LogP contribution is 2.20. The number of anilines is 1. The van der Waals surface area contributed by atoms with Crippen LogP contribution in [0.5, 0.6) is 5.75 Å². The fourth-order valence-electron chi connectivity index (χ4n) is 4.22. The molecule has 3 aromatic carbocycles. The van der Waals surface area contributed by atoms with E-state index in [9.17, 15) is 13.6 Å². The molecule has 0 radical (unpaired) electrons. The van der Waals surface area contributed by atoms with E-state index in [0.29, 0.717) is 18.8 Å². The first kappa shape index (κ1) is 24.8. The number of rotatable bonds is 10. The first-order valence-corrected chi connectivity index (χ1v) is 11.8. The Balaban J connectivity index is 1.56. The summed E-state index contributed by atoms with van der Waals surface area (Å²) in [6.07, 6.45) is 1.06. The van der Waals surface area contributed by atoms with Crippen LogP contribution in [0.3, 0.4) is 0 Å². The molecule has 0 aliphatic carbocycles. The molecule has 1 saturated heterocycles. The lowest BCUT2D eigenvalue weighted by atomic mass is 10.1. The monoisotopic (exact) mass is 480 g/mol. The van der Waals surface area contributed by atoms with E-state index in [1.807, 2.05) is 43.3 Å². The quantitative estimate of drug-likeness (QED) is 0.426. The standard InChI is InChI=1S/C28H30F2N2O3/c1-20-7-5-8-21(15-20)17-32(18-24-11-6-14-34-24)19-27(28(33)31-22-9-3-2-4-10-22)35-23-12-13-25(29)26(30)16-23/h2-5,7-10,12-13,15-16,24,27H,6,11,14,17-19H2,1H3,(H,31,33). The highest BCUT2D eigenvalue weighted by atomic mass is 19.2. The second kappa shape index (κ2) is 11.9. The van der Waals surface area contributed by atoms with E-state index >= 15 is 0 Å². The van der Waals surface area contributed by atoms with Crippen molar-refractivity contribution < 1.29 is 23.0 Å². The van der Waals surface area contributed by atoms with Gasteiger partial charge in [-0.25, -0.2) is 8.78 Å². The van der Waals surface area contributed by atoms with Gasteiger partial charge in [0.25, 0.3) is 5.91 Å². The van der Waals surface area contributed by atoms with Crippen molar-refractivity contribution in [3.63, 3.8) is 0 Å². The second-order valence-electron chi connectivity index (χ2n) is 8.86. The highest BCUT2D eigenvalue weighted by Gasteiger charge is 2.27. The molecular weight excluding hydrogens is 450 g/mol. The van der Waals surface area contributed by atoms with Crippen LogP contribution < -0.4 is 10.1 Å². The van der Waals surface area contributed by atoms with Crippen molar-refractivity contribution in [2.45, 2.75) is 38.5 Å². The van der Waals surface area contributed by atoms with Crippen LogP contribution in [0.2, 0.25) is 0 Å². The molecular formula is C28H30F2N2O3. The van der Waals surface area contributed by atoms with Gasteiger partial charge in [0.2, 0.25) is 0 Å². The van der Waals surface area contributed by atoms with Crippen LogP contribution in [0.4, 0.5) is 14.5 Å². The Kier molecular flexibility index (Phi) is 8.45. The second-order valence-corrected chi connectivity index (χ2v) is 8.86. The van der Waals surface area contributed by atoms with Gasteiger partial charge in [0.05, 0.1) is 6.10 Å². The highest BCUT2D eigenvalue weighted by molar-refractivity contribution is 5.94. The van der Waals surface area contributed by atoms with Gasteiger partial charge in [-0.1, -0.05) is 48.0 Å². The number of nitrogens with one attached hydrogen (secondary N) is 1. The fourth-order valence-corrected chi connectivity index (χ4v) is 4.22. The Morgan fingerprint density at radius 1 is 1.09 bits per heavy atom. The number of nitrogens with zero attached hydrogens (tertiary/aromatic N) is 1. The number of halogens is 2. The molecule has 1 heterocycles. The number of amides is 1. The van der Waals surface area contributed by atoms with E-state index in [-0.39, 0.29) is 24.3 Å². The summed E-state index contributed by atoms with van der Waals surface area (Å²) in [4.78, 5) is 15.4. The molecule has 0 spiro atoms. The molecule has 3 aromatic rings. The van der Waals surface area contributed by atoms with E-state index in [4.69, 9.17) is 9.47 Å². The Morgan fingerprint density at radius 2 is 1.91 bits per heavy atom. The predicted octanol–water partition coefficient (Wildman–Crippen LogP) is 5.34. The van der Waals surface area contributed by atoms with Gasteiger partial charge >= 0.3 is 0 Å². The van der Waals surface area contributed by atoms with Gasteiger partial charge in [-0.05, 0) is 49.6 Å². The first-order chi connectivity index (χ1) is 17.0. The van der Waals surface area contributed by atoms with E-state index in [1.165, 1.54) is 6.07 Å². The summed E-state index contributed by atoms with van der Waals surface area (Å²) in [5.41, 5.74) is 2.88. The summed E-state index contributed by atoms with van der Waals surface area (Å²) < 4.78 is 39.1. The van der Waals surface area contributed by atoms with Crippen molar-refractivity contribution in [2.24, 2.45) is 0 Å². The van der Waals surface area contributed by atoms with Gasteiger partial charge in [-0.3, -0.25) is 9.69 Å². The lowest BCUT2D eigenvalue weighted by molar-refractivity contribution is -0.123. The minimum absolute atomic E-state index is 0.0703. The van der Waals surface area contributed by atoms with Crippen LogP contribution in [0, 0.1) is 18.6 Å². The van der Waals surface area contributed by atoms with E-state index in [0.717, 1.165) is 42.7 Å². The van der Waals surface area contributed by atoms with Gasteiger partial charge < -0.3 is 14.8 Å². The SMILES string of the molecule is Cc1cccc(CN(CC2CCCO2)CC(Oc2ccc(F)c(F)c2)C(=O)Nc2ccccc2)c1. The van der Waals surface area contributed by atoms with Crippen LogP contribution >= 0.6 is 0 Å². The average Bonchev–Trinajstić information content (AvgIpc) is 3.35. The third-order valence-electron chi connectivity index (χ3n) is 5.90. The number of hydrogen-bond donors (Lipinski definition) is 1. The minimum atomic E-state index is -1.03. The maximum atomic E-state index is 13.9. The minimum Gasteiger partial charge on any atom is -0.479 e. The van der Waals surface area contributed by atoms with Crippen molar-refractivity contribution in [1.82, 2.24) is 4.90 Å². The summed E-state index contributed by atoms with van der Waals surface area (Å²) in [6.45, 7) is 4.23. The summed E-state index contributed by atoms with van der Waals surface area (Å²) >= 11 is 0. The molecule has 7 heteroatoms. The molecule has 0 bridgehead atoms. The van der Waals surface area contributed by atoms with Crippen molar-refractivity contribution in [2.75, 3.05) is 25.0 Å². The maximum absolute atomic E-state index is 13.9. The van der Waals surface area contributed by atoms with Gasteiger partial charge in [0.15, 0.2) is 17.7 Å². The molecule has 1 aliphatic rings. The summed E-state index contributed by atoms with van der Waals surface area (Å²) in [5, 5.41) is 2.87. The van der Waals surface area contributed by atoms with E-state index in [1.54, 1.807) is 12.1 Å². The van der Waals surface area contributed by atoms with Crippen LogP contribution in [0.1, 0.15) is 24.0 Å². The van der Waals surface area contributed by atoms with Gasteiger partial charge in [-0.15, -0.1) is 0 Å². The zero-order valence-corrected chi connectivity index (χ0v) is 19.8. The summed E-state index contributed by atoms with van der Waals surface area (Å²) in [6, 6.07) is 20.5. The van der Waals surface area contributed by atoms with Crippen LogP contribution in [0.15, 0.2) is 72.8 Å². The number of para-hydroxylation sites is 1. The molecule has 0 aromatic heterocycles. The van der Waals surface area contributed by atoms with Crippen LogP contribution in [-0.2, 0) is 16.1 Å². The van der Waals surface area contributed by atoms with Crippen molar-refractivity contribution >= 4 is 11.6 Å². The molecule has 1 fully saturated rings. The van der Waals surface area contributed by atoms with E-state index < -0.39 is 17.7 Å². The molecule has 0 saturated carbocycles. The van der Waals surface area contributed by atoms with E-state index in [2.05, 4.69) is 16.3 Å². The number of carbonyl (C=O) groups excluding carboxylic acids is 1. The van der Waals surface area contributed by atoms with Gasteiger partial charge in [0, 0.05) is 38.0 Å². The molecule has 1 amide bonds. The fraction of sp³-hybridized carbons (Fsp3) is 0.321. The van der Waals surface area contributed by atoms with Crippen molar-refractivity contribution in [1.29, 1.82) is 0 Å². The number of benzene rings is 3. The van der Waals surface area contributed by atoms with Gasteiger partial charge in [-0.2, -0.15) is 0 Å². The zero-order chi connectivity index (χ0) is 24.6. The average molecular weight is 481 g/mol. The molecule has 1 N–H and O–H groups in total. The number of ether oxygens (including phenoxy) is 2. The molecule has 2 atom stereocenters. The number of carbonyl (C=O) groups is 1. The molecule has 5 nitrogen and oxygen atoms in total. The molecule has 2 unspecified atom stereocenters. The zero-order valence-electron chi connectivity index (χ0n) is 19.8. The summed E-state index contributed by atoms with van der Waals surface area (Å²) in [5.74, 6) is -2.28. The smallest absolute Gasteiger partial charge is 0.266 e. The molecule has 184 valence electrons. The lowest BCUT2D eigenvalue weighted by Crippen LogP contribution is -2.45. The van der Waals surface area contributed by atoms with Crippen molar-refractivity contribution in [3.05, 3.63) is 95.6 Å². The first-order valence-electron chi connectivity index (χ1n) is 11.8. The third-order valence-corrected chi connectivity index (χ3v) is 5.90. The molecule has 35 heavy (non-hydrogen) atoms. The topological polar surface area (TPSA) is 50.8 Å². The van der Waals surface area contributed by atoms with Crippen LogP contribution in [0.25, 0.3) is 0 Å². The van der Waals surface area contributed by atoms with Crippen molar-refractivity contribution in [3.8, 4) is 5.75 Å². The molecule has 1 aliphatic heterocycles. The number of aryl methyl sites for hydroxylation is 1. The van der Waals surface area contributed by atoms with Crippen LogP contribution in [-0.4, -0.2) is 42.7 Å². The molecule has 4 rings (SSSR count). The Morgan fingerprint density at radius 3 is 2.63 bits per heavy atom. The Labute approximate surface area is 204 Å². The van der Waals surface area contributed by atoms with Gasteiger partial charge in [0.1, 0.15) is 5.75 Å². The predicted molar refractivity (Wildman–Crippen MR) is 131 cm³/mol. The Bertz CT molecular complexity index is 1120. The number of hydrogen-bond acceptors (Lipinski definition) is 4. The third kappa shape index (κ3) is 7.34. The normalized spacial score (nSPS) is 16.3. The largest absolute Gasteiger partial charge is 0.479 e. The lowest BCUT2D eigenvalue weighted by Gasteiger charge is -2.29. The summed E-state index contributed by atoms with van der Waals surface area (Å²) in [7, 11) is 0. The maximum Gasteiger partial charge on any atom is 0.266 e.